The minimum atomic E-state index is -3.61. The van der Waals surface area contributed by atoms with Gasteiger partial charge in [0.1, 0.15) is 22.5 Å². The van der Waals surface area contributed by atoms with Crippen molar-refractivity contribution in [3.8, 4) is 11.5 Å². The smallest absolute Gasteiger partial charge is 0.533 e. The number of nitrogens with zero attached hydrogens (tertiary/aromatic N) is 1. The fourth-order valence-corrected chi connectivity index (χ4v) is 3.49. The molecule has 11 heteroatoms. The van der Waals surface area contributed by atoms with E-state index in [1.54, 1.807) is 54.7 Å². The molecule has 3 N–H and O–H groups in total. The van der Waals surface area contributed by atoms with Gasteiger partial charge >= 0.3 is 39.7 Å². The molecule has 0 aliphatic heterocycles. The number of rotatable bonds is 7. The summed E-state index contributed by atoms with van der Waals surface area (Å²) in [5, 5.41) is 0. The second-order valence-corrected chi connectivity index (χ2v) is 8.05. The Balaban J connectivity index is 0.00000225. The molecule has 8 nitrogen and oxygen atoms in total. The van der Waals surface area contributed by atoms with Gasteiger partial charge in [-0.25, -0.2) is 0 Å². The third-order valence-corrected chi connectivity index (χ3v) is 4.65. The van der Waals surface area contributed by atoms with Crippen molar-refractivity contribution < 1.29 is 60.2 Å². The Morgan fingerprint density at radius 2 is 1.40 bits per heavy atom. The Hall–Kier alpha value is -1.95. The Morgan fingerprint density at radius 1 is 0.867 bits per heavy atom. The van der Waals surface area contributed by atoms with Gasteiger partial charge in [-0.2, -0.15) is 8.42 Å². The number of benzene rings is 2. The van der Waals surface area contributed by atoms with E-state index in [1.807, 2.05) is 18.2 Å². The number of pyridine rings is 1. The van der Waals surface area contributed by atoms with Gasteiger partial charge in [-0.05, 0) is 47.5 Å². The van der Waals surface area contributed by atoms with E-state index in [0.717, 1.165) is 23.1 Å². The van der Waals surface area contributed by atoms with E-state index in [2.05, 4.69) is 9.17 Å². The van der Waals surface area contributed by atoms with Crippen molar-refractivity contribution in [3.05, 3.63) is 89.7 Å². The number of hydrogen-bond donors (Lipinski definition) is 0. The van der Waals surface area contributed by atoms with E-state index in [4.69, 9.17) is 4.18 Å². The normalized spacial score (nSPS) is 11.7. The first kappa shape index (κ1) is 26.1. The summed E-state index contributed by atoms with van der Waals surface area (Å²) in [6.45, 7) is 0. The van der Waals surface area contributed by atoms with Crippen molar-refractivity contribution in [3.63, 3.8) is 0 Å². The second-order valence-electron chi connectivity index (χ2n) is 5.90. The molecule has 3 rings (SSSR count). The predicted octanol–water partition coefficient (Wildman–Crippen LogP) is -0.715. The first-order chi connectivity index (χ1) is 13.3. The molecule has 0 fully saturated rings. The number of hydrogen-bond acceptors (Lipinski definition) is 8. The van der Waals surface area contributed by atoms with Gasteiger partial charge in [0.15, 0.2) is 0 Å². The molecule has 0 aliphatic rings. The van der Waals surface area contributed by atoms with Crippen LogP contribution in [0.4, 0.5) is 0 Å². The monoisotopic (exact) mass is 460 g/mol. The summed E-state index contributed by atoms with van der Waals surface area (Å²) in [4.78, 5) is 4.43. The van der Waals surface area contributed by atoms with Crippen molar-refractivity contribution in [1.29, 1.82) is 0 Å². The van der Waals surface area contributed by atoms with Gasteiger partial charge in [-0.3, -0.25) is 4.98 Å². The van der Waals surface area contributed by atoms with E-state index in [0.29, 0.717) is 0 Å². The van der Waals surface area contributed by atoms with Gasteiger partial charge < -0.3 is 22.3 Å². The SMILES string of the molecule is CS(=O)(=O)Oc1ccc(C(c2ccc(O[S-](=O)=O)cc2)c2ccccn2)cc1.[Na+].[OH3+]. The van der Waals surface area contributed by atoms with Crippen LogP contribution in [0, 0.1) is 0 Å². The Morgan fingerprint density at radius 3 is 1.83 bits per heavy atom. The van der Waals surface area contributed by atoms with Crippen LogP contribution in [0.5, 0.6) is 11.5 Å². The van der Waals surface area contributed by atoms with Crippen molar-refractivity contribution in [2.45, 2.75) is 5.92 Å². The van der Waals surface area contributed by atoms with E-state index in [9.17, 15) is 16.8 Å². The Bertz CT molecular complexity index is 1110. The van der Waals surface area contributed by atoms with E-state index in [1.165, 1.54) is 0 Å². The molecule has 0 radical (unpaired) electrons. The van der Waals surface area contributed by atoms with Crippen LogP contribution in [-0.4, -0.2) is 19.7 Å². The molecule has 1 unspecified atom stereocenters. The molecule has 1 atom stereocenters. The van der Waals surface area contributed by atoms with Gasteiger partial charge in [-0.15, -0.1) is 0 Å². The minimum Gasteiger partial charge on any atom is -0.533 e. The van der Waals surface area contributed by atoms with Crippen LogP contribution in [0.15, 0.2) is 72.9 Å². The quantitative estimate of drug-likeness (QED) is 0.197. The van der Waals surface area contributed by atoms with Gasteiger partial charge in [-0.1, -0.05) is 30.3 Å². The van der Waals surface area contributed by atoms with Crippen LogP contribution in [-0.2, 0) is 35.0 Å². The van der Waals surface area contributed by atoms with Gasteiger partial charge in [0.05, 0.1) is 17.9 Å². The first-order valence-electron chi connectivity index (χ1n) is 8.10. The molecule has 1 heterocycles. The van der Waals surface area contributed by atoms with Crippen LogP contribution in [0.2, 0.25) is 0 Å². The molecule has 0 saturated heterocycles. The summed E-state index contributed by atoms with van der Waals surface area (Å²) in [5.74, 6) is 0.168. The molecule has 3 aromatic rings. The van der Waals surface area contributed by atoms with Crippen LogP contribution in [0.25, 0.3) is 0 Å². The average molecular weight is 460 g/mol. The maximum absolute atomic E-state index is 11.3. The molecule has 2 aromatic carbocycles. The number of aromatic nitrogens is 1. The summed E-state index contributed by atoms with van der Waals surface area (Å²) < 4.78 is 53.4. The largest absolute Gasteiger partial charge is 1.00 e. The standard InChI is InChI=1S/C19H16NO6S2.Na.H2O/c1-28(23,24)26-17-11-7-15(8-12-17)19(18-4-2-3-13-20-18)14-5-9-16(10-6-14)25-27(21)22;;/h2-13,19H,1H3;;1H2/q-1;+1;/p+1. The molecule has 154 valence electrons. The minimum absolute atomic E-state index is 0. The van der Waals surface area contributed by atoms with E-state index >= 15 is 0 Å². The maximum atomic E-state index is 11.3. The van der Waals surface area contributed by atoms with Gasteiger partial charge in [0.2, 0.25) is 0 Å². The molecular formula is C19H19NNaO7S2+. The van der Waals surface area contributed by atoms with Crippen LogP contribution in [0.3, 0.4) is 0 Å². The zero-order chi connectivity index (χ0) is 20.1. The Labute approximate surface area is 198 Å². The summed E-state index contributed by atoms with van der Waals surface area (Å²) in [6, 6.07) is 18.8. The molecule has 0 aliphatic carbocycles. The second kappa shape index (κ2) is 11.4. The van der Waals surface area contributed by atoms with Crippen LogP contribution < -0.4 is 37.9 Å². The third-order valence-electron chi connectivity index (χ3n) is 3.82. The van der Waals surface area contributed by atoms with E-state index < -0.39 is 21.1 Å². The van der Waals surface area contributed by atoms with Gasteiger partial charge in [0.25, 0.3) is 0 Å². The van der Waals surface area contributed by atoms with Crippen LogP contribution in [0.1, 0.15) is 22.7 Å². The molecule has 0 saturated carbocycles. The van der Waals surface area contributed by atoms with Crippen molar-refractivity contribution in [2.24, 2.45) is 0 Å². The third kappa shape index (κ3) is 7.38. The predicted molar refractivity (Wildman–Crippen MR) is 108 cm³/mol. The topological polar surface area (TPSA) is 133 Å². The Kier molecular flexibility index (Phi) is 9.95. The zero-order valence-corrected chi connectivity index (χ0v) is 19.9. The molecule has 1 aromatic heterocycles. The first-order valence-corrected chi connectivity index (χ1v) is 10.9. The fourth-order valence-electron chi connectivity index (χ4n) is 2.77. The van der Waals surface area contributed by atoms with E-state index in [-0.39, 0.29) is 52.5 Å². The fraction of sp³-hybridized carbons (Fsp3) is 0.105. The summed E-state index contributed by atoms with van der Waals surface area (Å²) in [5.41, 5.74) is 2.50. The van der Waals surface area contributed by atoms with Crippen molar-refractivity contribution in [2.75, 3.05) is 6.26 Å². The van der Waals surface area contributed by atoms with Crippen molar-refractivity contribution in [1.82, 2.24) is 4.98 Å². The van der Waals surface area contributed by atoms with Gasteiger partial charge in [0, 0.05) is 6.20 Å². The summed E-state index contributed by atoms with van der Waals surface area (Å²) in [6.07, 6.45) is 2.66. The molecule has 0 amide bonds. The average Bonchev–Trinajstić information content (AvgIpc) is 2.64. The molecular weight excluding hydrogens is 441 g/mol. The zero-order valence-electron chi connectivity index (χ0n) is 16.3. The summed E-state index contributed by atoms with van der Waals surface area (Å²) >= 11 is 0. The maximum Gasteiger partial charge on any atom is 1.00 e. The molecule has 30 heavy (non-hydrogen) atoms. The molecule has 0 spiro atoms. The van der Waals surface area contributed by atoms with Crippen molar-refractivity contribution >= 4 is 21.1 Å². The van der Waals surface area contributed by atoms with Crippen LogP contribution >= 0.6 is 0 Å². The molecule has 0 bridgehead atoms. The summed E-state index contributed by atoms with van der Waals surface area (Å²) in [7, 11) is -6.25.